The van der Waals surface area contributed by atoms with Crippen molar-refractivity contribution < 1.29 is 9.47 Å². The topological polar surface area (TPSA) is 21.7 Å². The number of allylic oxidation sites excluding steroid dienone is 2. The molecule has 0 aliphatic heterocycles. The minimum atomic E-state index is 0.288. The Bertz CT molecular complexity index is 1070. The zero-order valence-corrected chi connectivity index (χ0v) is 20.7. The normalized spacial score (nSPS) is 14.6. The van der Waals surface area contributed by atoms with Crippen LogP contribution < -0.4 is 14.4 Å². The molecule has 0 N–H and O–H groups in total. The minimum absolute atomic E-state index is 0.288. The molecule has 0 heterocycles. The van der Waals surface area contributed by atoms with Crippen LogP contribution in [0.15, 0.2) is 72.8 Å². The maximum Gasteiger partial charge on any atom is 0.118 e. The van der Waals surface area contributed by atoms with Crippen molar-refractivity contribution in [1.29, 1.82) is 0 Å². The predicted octanol–water partition coefficient (Wildman–Crippen LogP) is 7.77. The van der Waals surface area contributed by atoms with Crippen LogP contribution in [0.5, 0.6) is 11.5 Å². The molecule has 0 atom stereocenters. The number of rotatable bonds is 9. The molecule has 0 aromatic heterocycles. The van der Waals surface area contributed by atoms with E-state index in [4.69, 9.17) is 21.1 Å². The number of anilines is 1. The molecule has 1 aliphatic carbocycles. The van der Waals surface area contributed by atoms with Gasteiger partial charge in [-0.25, -0.2) is 0 Å². The number of nitrogens with zero attached hydrogens (tertiary/aromatic N) is 1. The number of ether oxygens (including phenoxy) is 2. The monoisotopic (exact) mass is 461 g/mol. The van der Waals surface area contributed by atoms with Gasteiger partial charge in [0.25, 0.3) is 0 Å². The highest BCUT2D eigenvalue weighted by Gasteiger charge is 2.41. The Morgan fingerprint density at radius 2 is 1.39 bits per heavy atom. The molecule has 0 unspecified atom stereocenters. The number of hydrogen-bond donors (Lipinski definition) is 0. The van der Waals surface area contributed by atoms with Gasteiger partial charge in [0.05, 0.1) is 24.9 Å². The van der Waals surface area contributed by atoms with Gasteiger partial charge in [-0.05, 0) is 83.8 Å². The van der Waals surface area contributed by atoms with Crippen LogP contribution in [-0.4, -0.2) is 14.2 Å². The SMILES string of the molecule is C/C=C(/c1ccc(Cl)c(N(Cc2ccc(OC)cc2)Cc2ccc(OC)cc2)c1)C1(C)CC1. The highest BCUT2D eigenvalue weighted by atomic mass is 35.5. The van der Waals surface area contributed by atoms with E-state index in [9.17, 15) is 0 Å². The summed E-state index contributed by atoms with van der Waals surface area (Å²) in [6.07, 6.45) is 4.75. The predicted molar refractivity (Wildman–Crippen MR) is 138 cm³/mol. The van der Waals surface area contributed by atoms with Crippen LogP contribution in [0, 0.1) is 5.41 Å². The van der Waals surface area contributed by atoms with Crippen molar-refractivity contribution in [3.8, 4) is 11.5 Å². The molecule has 3 aromatic carbocycles. The molecule has 3 nitrogen and oxygen atoms in total. The highest BCUT2D eigenvalue weighted by molar-refractivity contribution is 6.33. The van der Waals surface area contributed by atoms with Gasteiger partial charge in [0.1, 0.15) is 11.5 Å². The van der Waals surface area contributed by atoms with E-state index in [1.165, 1.54) is 35.1 Å². The van der Waals surface area contributed by atoms with Crippen molar-refractivity contribution in [2.75, 3.05) is 19.1 Å². The van der Waals surface area contributed by atoms with Crippen molar-refractivity contribution >= 4 is 22.9 Å². The smallest absolute Gasteiger partial charge is 0.118 e. The van der Waals surface area contributed by atoms with E-state index in [1.807, 2.05) is 30.3 Å². The lowest BCUT2D eigenvalue weighted by atomic mass is 9.90. The Morgan fingerprint density at radius 1 is 0.879 bits per heavy atom. The molecule has 0 saturated heterocycles. The summed E-state index contributed by atoms with van der Waals surface area (Å²) in [5, 5.41) is 0.761. The highest BCUT2D eigenvalue weighted by Crippen LogP contribution is 2.55. The number of methoxy groups -OCH3 is 2. The summed E-state index contributed by atoms with van der Waals surface area (Å²) >= 11 is 6.80. The van der Waals surface area contributed by atoms with Crippen LogP contribution in [-0.2, 0) is 13.1 Å². The first-order valence-electron chi connectivity index (χ1n) is 11.4. The molecule has 0 amide bonds. The lowest BCUT2D eigenvalue weighted by Crippen LogP contribution is -2.22. The van der Waals surface area contributed by atoms with Crippen molar-refractivity contribution in [2.24, 2.45) is 5.41 Å². The van der Waals surface area contributed by atoms with Gasteiger partial charge in [-0.3, -0.25) is 0 Å². The van der Waals surface area contributed by atoms with Gasteiger partial charge in [-0.15, -0.1) is 0 Å². The fourth-order valence-electron chi connectivity index (χ4n) is 4.37. The second-order valence-corrected chi connectivity index (χ2v) is 9.39. The Hall–Kier alpha value is -2.91. The summed E-state index contributed by atoms with van der Waals surface area (Å²) in [4.78, 5) is 2.35. The maximum absolute atomic E-state index is 6.80. The van der Waals surface area contributed by atoms with Crippen LogP contribution in [0.2, 0.25) is 5.02 Å². The van der Waals surface area contributed by atoms with Gasteiger partial charge >= 0.3 is 0 Å². The van der Waals surface area contributed by atoms with Gasteiger partial charge in [0.15, 0.2) is 0 Å². The fourth-order valence-corrected chi connectivity index (χ4v) is 4.61. The van der Waals surface area contributed by atoms with E-state index < -0.39 is 0 Å². The van der Waals surface area contributed by atoms with Gasteiger partial charge < -0.3 is 14.4 Å². The first-order valence-corrected chi connectivity index (χ1v) is 11.8. The van der Waals surface area contributed by atoms with Crippen LogP contribution in [0.3, 0.4) is 0 Å². The van der Waals surface area contributed by atoms with Gasteiger partial charge in [0, 0.05) is 13.1 Å². The Balaban J connectivity index is 1.70. The third kappa shape index (κ3) is 5.36. The molecule has 4 rings (SSSR count). The number of hydrogen-bond acceptors (Lipinski definition) is 3. The van der Waals surface area contributed by atoms with Crippen molar-refractivity contribution in [3.05, 3.63) is 94.5 Å². The quantitative estimate of drug-likeness (QED) is 0.325. The van der Waals surface area contributed by atoms with E-state index in [-0.39, 0.29) is 5.41 Å². The van der Waals surface area contributed by atoms with Crippen LogP contribution in [0.25, 0.3) is 5.57 Å². The van der Waals surface area contributed by atoms with Gasteiger partial charge in [-0.1, -0.05) is 54.9 Å². The van der Waals surface area contributed by atoms with Crippen molar-refractivity contribution in [2.45, 2.75) is 39.8 Å². The van der Waals surface area contributed by atoms with Crippen molar-refractivity contribution in [1.82, 2.24) is 0 Å². The Labute approximate surface area is 202 Å². The number of benzene rings is 3. The van der Waals surface area contributed by atoms with E-state index in [0.29, 0.717) is 0 Å². The van der Waals surface area contributed by atoms with E-state index in [2.05, 4.69) is 61.2 Å². The first-order chi connectivity index (χ1) is 16.0. The maximum atomic E-state index is 6.80. The molecule has 172 valence electrons. The summed E-state index contributed by atoms with van der Waals surface area (Å²) in [6.45, 7) is 5.96. The Kier molecular flexibility index (Phi) is 6.99. The lowest BCUT2D eigenvalue weighted by Gasteiger charge is -2.28. The molecule has 0 bridgehead atoms. The van der Waals surface area contributed by atoms with Crippen LogP contribution in [0.4, 0.5) is 5.69 Å². The first kappa shape index (κ1) is 23.3. The Morgan fingerprint density at radius 3 is 1.82 bits per heavy atom. The molecule has 1 saturated carbocycles. The second kappa shape index (κ2) is 9.93. The van der Waals surface area contributed by atoms with Gasteiger partial charge in [0.2, 0.25) is 0 Å². The summed E-state index contributed by atoms with van der Waals surface area (Å²) in [7, 11) is 3.38. The average molecular weight is 462 g/mol. The molecule has 0 radical (unpaired) electrons. The minimum Gasteiger partial charge on any atom is -0.497 e. The zero-order valence-electron chi connectivity index (χ0n) is 19.9. The average Bonchev–Trinajstić information content (AvgIpc) is 3.58. The van der Waals surface area contributed by atoms with E-state index >= 15 is 0 Å². The summed E-state index contributed by atoms with van der Waals surface area (Å²) < 4.78 is 10.7. The van der Waals surface area contributed by atoms with Gasteiger partial charge in [-0.2, -0.15) is 0 Å². The van der Waals surface area contributed by atoms with Crippen LogP contribution in [0.1, 0.15) is 43.4 Å². The lowest BCUT2D eigenvalue weighted by molar-refractivity contribution is 0.414. The molecule has 1 fully saturated rings. The molecule has 4 heteroatoms. The third-order valence-corrected chi connectivity index (χ3v) is 6.92. The number of halogens is 1. The molecule has 3 aromatic rings. The summed E-state index contributed by atoms with van der Waals surface area (Å²) in [5.74, 6) is 1.71. The molecule has 33 heavy (non-hydrogen) atoms. The molecule has 1 aliphatic rings. The van der Waals surface area contributed by atoms with E-state index in [0.717, 1.165) is 35.3 Å². The molecule has 0 spiro atoms. The second-order valence-electron chi connectivity index (χ2n) is 8.98. The molecular weight excluding hydrogens is 430 g/mol. The molecular formula is C29H32ClNO2. The summed E-state index contributed by atoms with van der Waals surface area (Å²) in [5.41, 5.74) is 6.40. The van der Waals surface area contributed by atoms with E-state index in [1.54, 1.807) is 14.2 Å². The third-order valence-electron chi connectivity index (χ3n) is 6.60. The summed E-state index contributed by atoms with van der Waals surface area (Å²) in [6, 6.07) is 22.9. The largest absolute Gasteiger partial charge is 0.497 e. The van der Waals surface area contributed by atoms with Crippen LogP contribution >= 0.6 is 11.6 Å². The fraction of sp³-hybridized carbons (Fsp3) is 0.310. The standard InChI is InChI=1S/C29H32ClNO2/c1-5-26(29(2)16-17-29)23-10-15-27(30)28(18-23)31(19-21-6-11-24(32-3)12-7-21)20-22-8-13-25(33-4)14-9-22/h5-15,18H,16-17,19-20H2,1-4H3/b26-5-. The zero-order chi connectivity index (χ0) is 23.4. The van der Waals surface area contributed by atoms with Crippen molar-refractivity contribution in [3.63, 3.8) is 0 Å².